The number of carbonyl (C=O) groups excluding carboxylic acids is 1. The van der Waals surface area contributed by atoms with E-state index in [4.69, 9.17) is 9.84 Å². The summed E-state index contributed by atoms with van der Waals surface area (Å²) >= 11 is 2.98. The molecule has 3 rings (SSSR count). The van der Waals surface area contributed by atoms with Gasteiger partial charge in [0.05, 0.1) is 29.7 Å². The molecule has 0 spiro atoms. The predicted octanol–water partition coefficient (Wildman–Crippen LogP) is 2.50. The van der Waals surface area contributed by atoms with Crippen LogP contribution in [0.3, 0.4) is 0 Å². The van der Waals surface area contributed by atoms with Crippen molar-refractivity contribution in [1.82, 2.24) is 9.88 Å². The van der Waals surface area contributed by atoms with E-state index in [9.17, 15) is 9.59 Å². The van der Waals surface area contributed by atoms with Crippen molar-refractivity contribution in [1.29, 1.82) is 0 Å². The molecule has 0 aliphatic carbocycles. The number of carboxylic acids is 1. The van der Waals surface area contributed by atoms with E-state index in [1.54, 1.807) is 16.2 Å². The first-order valence-electron chi connectivity index (χ1n) is 7.18. The van der Waals surface area contributed by atoms with E-state index in [1.807, 2.05) is 24.4 Å². The van der Waals surface area contributed by atoms with Gasteiger partial charge in [-0.05, 0) is 18.4 Å². The van der Waals surface area contributed by atoms with Gasteiger partial charge in [0, 0.05) is 13.1 Å². The first-order chi connectivity index (χ1) is 11.0. The zero-order chi connectivity index (χ0) is 16.4. The number of hydrogen-bond donors (Lipinski definition) is 1. The molecule has 1 unspecified atom stereocenters. The third kappa shape index (κ3) is 3.60. The molecule has 8 heteroatoms. The highest BCUT2D eigenvalue weighted by molar-refractivity contribution is 7.22. The Balaban J connectivity index is 1.76. The molecule has 1 atom stereocenters. The number of aromatic nitrogens is 1. The second-order valence-corrected chi connectivity index (χ2v) is 7.20. The van der Waals surface area contributed by atoms with Gasteiger partial charge in [0.1, 0.15) is 9.88 Å². The van der Waals surface area contributed by atoms with Crippen LogP contribution in [-0.2, 0) is 9.53 Å². The maximum atomic E-state index is 12.7. The van der Waals surface area contributed by atoms with Crippen molar-refractivity contribution >= 4 is 34.6 Å². The molecule has 122 valence electrons. The molecule has 1 saturated heterocycles. The van der Waals surface area contributed by atoms with E-state index in [0.717, 1.165) is 9.88 Å². The van der Waals surface area contributed by atoms with Crippen molar-refractivity contribution in [2.24, 2.45) is 0 Å². The van der Waals surface area contributed by atoms with Crippen LogP contribution in [-0.4, -0.2) is 52.7 Å². The minimum Gasteiger partial charge on any atom is -0.481 e. The quantitative estimate of drug-likeness (QED) is 0.914. The number of thiophene rings is 1. The summed E-state index contributed by atoms with van der Waals surface area (Å²) in [5, 5.41) is 11.7. The fourth-order valence-electron chi connectivity index (χ4n) is 2.47. The molecule has 2 aromatic heterocycles. The van der Waals surface area contributed by atoms with Crippen LogP contribution in [0.4, 0.5) is 0 Å². The van der Waals surface area contributed by atoms with Gasteiger partial charge in [0.25, 0.3) is 5.91 Å². The molecule has 0 saturated carbocycles. The van der Waals surface area contributed by atoms with Gasteiger partial charge in [-0.2, -0.15) is 0 Å². The number of amides is 1. The van der Waals surface area contributed by atoms with Crippen molar-refractivity contribution in [2.45, 2.75) is 19.4 Å². The number of morpholine rings is 1. The number of carbonyl (C=O) groups is 2. The zero-order valence-electron chi connectivity index (χ0n) is 12.5. The Morgan fingerprint density at radius 3 is 3.04 bits per heavy atom. The number of nitrogens with zero attached hydrogens (tertiary/aromatic N) is 2. The Morgan fingerprint density at radius 2 is 2.35 bits per heavy atom. The van der Waals surface area contributed by atoms with Gasteiger partial charge in [0.15, 0.2) is 0 Å². The topological polar surface area (TPSA) is 79.7 Å². The maximum absolute atomic E-state index is 12.7. The Morgan fingerprint density at radius 1 is 1.52 bits per heavy atom. The summed E-state index contributed by atoms with van der Waals surface area (Å²) in [6.45, 7) is 2.97. The number of carboxylic acid groups (broad SMARTS) is 1. The first kappa shape index (κ1) is 16.1. The van der Waals surface area contributed by atoms with Crippen molar-refractivity contribution in [3.63, 3.8) is 0 Å². The predicted molar refractivity (Wildman–Crippen MR) is 88.1 cm³/mol. The minimum atomic E-state index is -0.918. The molecule has 1 N–H and O–H groups in total. The van der Waals surface area contributed by atoms with Crippen molar-refractivity contribution in [3.05, 3.63) is 28.1 Å². The van der Waals surface area contributed by atoms with Crippen LogP contribution in [0.25, 0.3) is 9.88 Å². The Bertz CT molecular complexity index is 711. The third-order valence-electron chi connectivity index (χ3n) is 3.55. The van der Waals surface area contributed by atoms with Gasteiger partial charge in [-0.15, -0.1) is 22.7 Å². The largest absolute Gasteiger partial charge is 0.481 e. The van der Waals surface area contributed by atoms with Crippen LogP contribution >= 0.6 is 22.7 Å². The van der Waals surface area contributed by atoms with Crippen LogP contribution < -0.4 is 0 Å². The van der Waals surface area contributed by atoms with Crippen molar-refractivity contribution < 1.29 is 19.4 Å². The normalized spacial score (nSPS) is 18.1. The van der Waals surface area contributed by atoms with E-state index in [2.05, 4.69) is 4.98 Å². The summed E-state index contributed by atoms with van der Waals surface area (Å²) in [6, 6.07) is 3.94. The molecule has 0 bridgehead atoms. The molecule has 0 radical (unpaired) electrons. The summed E-state index contributed by atoms with van der Waals surface area (Å²) < 4.78 is 5.41. The molecule has 1 aliphatic rings. The number of aryl methyl sites for hydroxylation is 1. The number of thiazole rings is 1. The van der Waals surface area contributed by atoms with Gasteiger partial charge in [-0.25, -0.2) is 4.98 Å². The van der Waals surface area contributed by atoms with E-state index in [-0.39, 0.29) is 12.3 Å². The lowest BCUT2D eigenvalue weighted by atomic mass is 10.2. The third-order valence-corrected chi connectivity index (χ3v) is 5.74. The molecule has 1 aliphatic heterocycles. The van der Waals surface area contributed by atoms with Crippen LogP contribution in [0.5, 0.6) is 0 Å². The Kier molecular flexibility index (Phi) is 4.74. The van der Waals surface area contributed by atoms with Gasteiger partial charge in [0.2, 0.25) is 0 Å². The fourth-order valence-corrected chi connectivity index (χ4v) is 4.30. The van der Waals surface area contributed by atoms with Crippen molar-refractivity contribution in [2.75, 3.05) is 19.7 Å². The second-order valence-electron chi connectivity index (χ2n) is 5.25. The summed E-state index contributed by atoms with van der Waals surface area (Å²) in [6.07, 6.45) is -0.540. The molecule has 1 amide bonds. The van der Waals surface area contributed by atoms with Gasteiger partial charge < -0.3 is 14.7 Å². The highest BCUT2D eigenvalue weighted by Crippen LogP contribution is 2.32. The molecule has 23 heavy (non-hydrogen) atoms. The molecule has 6 nitrogen and oxygen atoms in total. The van der Waals surface area contributed by atoms with E-state index in [1.165, 1.54) is 11.3 Å². The van der Waals surface area contributed by atoms with Crippen LogP contribution in [0.15, 0.2) is 17.5 Å². The zero-order valence-corrected chi connectivity index (χ0v) is 14.2. The lowest BCUT2D eigenvalue weighted by Gasteiger charge is -2.32. The number of hydrogen-bond acceptors (Lipinski definition) is 6. The van der Waals surface area contributed by atoms with Crippen LogP contribution in [0.2, 0.25) is 0 Å². The lowest BCUT2D eigenvalue weighted by Crippen LogP contribution is -2.46. The maximum Gasteiger partial charge on any atom is 0.306 e. The monoisotopic (exact) mass is 352 g/mol. The average molecular weight is 352 g/mol. The highest BCUT2D eigenvalue weighted by atomic mass is 32.1. The standard InChI is InChI=1S/C15H16N2O4S2/c1-9-13(23-14(16-9)11-3-2-6-22-11)15(20)17-4-5-21-10(8-17)7-12(18)19/h2-3,6,10H,4-5,7-8H2,1H3,(H,18,19). The average Bonchev–Trinajstić information content (AvgIpc) is 3.15. The minimum absolute atomic E-state index is 0.0914. The van der Waals surface area contributed by atoms with Crippen molar-refractivity contribution in [3.8, 4) is 9.88 Å². The Labute approximate surface area is 141 Å². The van der Waals surface area contributed by atoms with Gasteiger partial charge in [-0.3, -0.25) is 9.59 Å². The van der Waals surface area contributed by atoms with E-state index < -0.39 is 12.1 Å². The lowest BCUT2D eigenvalue weighted by molar-refractivity contribution is -0.141. The molecule has 0 aromatic carbocycles. The molecular weight excluding hydrogens is 336 g/mol. The van der Waals surface area contributed by atoms with Crippen LogP contribution in [0.1, 0.15) is 21.8 Å². The van der Waals surface area contributed by atoms with E-state index >= 15 is 0 Å². The van der Waals surface area contributed by atoms with E-state index in [0.29, 0.717) is 30.3 Å². The summed E-state index contributed by atoms with van der Waals surface area (Å²) in [4.78, 5) is 31.4. The summed E-state index contributed by atoms with van der Waals surface area (Å²) in [5.41, 5.74) is 0.713. The number of ether oxygens (including phenoxy) is 1. The molecule has 2 aromatic rings. The summed E-state index contributed by atoms with van der Waals surface area (Å²) in [7, 11) is 0. The van der Waals surface area contributed by atoms with Gasteiger partial charge in [-0.1, -0.05) is 6.07 Å². The smallest absolute Gasteiger partial charge is 0.306 e. The number of rotatable bonds is 4. The Hall–Kier alpha value is -1.77. The number of aliphatic carboxylic acids is 1. The molecule has 3 heterocycles. The van der Waals surface area contributed by atoms with Gasteiger partial charge >= 0.3 is 5.97 Å². The molecule has 1 fully saturated rings. The summed E-state index contributed by atoms with van der Waals surface area (Å²) in [5.74, 6) is -1.01. The second kappa shape index (κ2) is 6.77. The highest BCUT2D eigenvalue weighted by Gasteiger charge is 2.29. The van der Waals surface area contributed by atoms with Crippen LogP contribution in [0, 0.1) is 6.92 Å². The SMILES string of the molecule is Cc1nc(-c2cccs2)sc1C(=O)N1CCOC(CC(=O)O)C1. The molecular formula is C15H16N2O4S2. The first-order valence-corrected chi connectivity index (χ1v) is 8.88. The fraction of sp³-hybridized carbons (Fsp3) is 0.400.